The van der Waals surface area contributed by atoms with Gasteiger partial charge in [0.15, 0.2) is 5.82 Å². The molecule has 35 heavy (non-hydrogen) atoms. The Kier molecular flexibility index (Phi) is 8.28. The van der Waals surface area contributed by atoms with Crippen molar-refractivity contribution >= 4 is 17.4 Å². The zero-order valence-corrected chi connectivity index (χ0v) is 20.6. The van der Waals surface area contributed by atoms with E-state index in [9.17, 15) is 9.18 Å². The summed E-state index contributed by atoms with van der Waals surface area (Å²) in [7, 11) is 0. The first-order chi connectivity index (χ1) is 16.9. The van der Waals surface area contributed by atoms with Crippen LogP contribution in [0.15, 0.2) is 41.8 Å². The van der Waals surface area contributed by atoms with Crippen molar-refractivity contribution in [2.24, 2.45) is 17.0 Å². The maximum absolute atomic E-state index is 14.5. The molecule has 0 bridgehead atoms. The number of carbonyl (C=O) groups excluding carboxylic acids is 1. The maximum atomic E-state index is 14.5. The van der Waals surface area contributed by atoms with Gasteiger partial charge in [-0.15, -0.1) is 0 Å². The first-order valence-corrected chi connectivity index (χ1v) is 12.5. The predicted molar refractivity (Wildman–Crippen MR) is 133 cm³/mol. The van der Waals surface area contributed by atoms with Crippen molar-refractivity contribution in [3.05, 3.63) is 53.7 Å². The van der Waals surface area contributed by atoms with Crippen LogP contribution in [0.25, 0.3) is 0 Å². The Hall–Kier alpha value is -3.07. The van der Waals surface area contributed by atoms with Crippen LogP contribution in [-0.4, -0.2) is 63.7 Å². The molecule has 2 saturated heterocycles. The monoisotopic (exact) mass is 482 g/mol. The van der Waals surface area contributed by atoms with Crippen molar-refractivity contribution in [1.82, 2.24) is 19.8 Å². The zero-order chi connectivity index (χ0) is 24.8. The molecule has 0 aliphatic carbocycles. The average Bonchev–Trinajstić information content (AvgIpc) is 2.85. The molecule has 0 atom stereocenters. The minimum absolute atomic E-state index is 0.00292. The second kappa shape index (κ2) is 11.6. The Morgan fingerprint density at radius 3 is 2.49 bits per heavy atom. The van der Waals surface area contributed by atoms with Crippen molar-refractivity contribution in [2.45, 2.75) is 52.2 Å². The van der Waals surface area contributed by atoms with Crippen molar-refractivity contribution in [2.75, 3.05) is 31.9 Å². The largest absolute Gasteiger partial charge is 0.393 e. The fourth-order valence-electron chi connectivity index (χ4n) is 4.87. The fourth-order valence-corrected chi connectivity index (χ4v) is 4.87. The van der Waals surface area contributed by atoms with Crippen LogP contribution >= 0.6 is 0 Å². The minimum Gasteiger partial charge on any atom is -0.393 e. The third-order valence-corrected chi connectivity index (χ3v) is 6.74. The number of piperidine rings is 2. The lowest BCUT2D eigenvalue weighted by molar-refractivity contribution is -0.138. The fraction of sp³-hybridized carbons (Fsp3) is 0.538. The number of nitrogen functional groups attached to an aromatic ring is 1. The van der Waals surface area contributed by atoms with E-state index in [1.807, 2.05) is 30.9 Å². The number of aromatic nitrogens is 2. The number of halogens is 1. The lowest BCUT2D eigenvalue weighted by atomic mass is 9.88. The van der Waals surface area contributed by atoms with Gasteiger partial charge in [0.25, 0.3) is 0 Å². The summed E-state index contributed by atoms with van der Waals surface area (Å²) in [4.78, 5) is 31.3. The van der Waals surface area contributed by atoms with E-state index in [2.05, 4.69) is 20.0 Å². The molecular weight excluding hydrogens is 447 g/mol. The quantitative estimate of drug-likeness (QED) is 0.479. The molecule has 2 N–H and O–H groups in total. The number of likely N-dealkylation sites (tertiary alicyclic amines) is 2. The summed E-state index contributed by atoms with van der Waals surface area (Å²) in [5, 5.41) is 4.28. The standard InChI is InChI=1S/C26H35FN6O2/c1-18(2)35-31-24(25-22(27)4-3-10-30-25)20-8-14-33(15-9-20)26(34)21-6-12-32(13-7-21)17-19-5-11-29-23(28)16-19/h3-5,10-11,16,18,20-21H,6-9,12-15,17H2,1-2H3,(H2,28,29)/b31-24-. The van der Waals surface area contributed by atoms with E-state index in [4.69, 9.17) is 10.6 Å². The van der Waals surface area contributed by atoms with Gasteiger partial charge in [-0.2, -0.15) is 0 Å². The molecule has 4 rings (SSSR count). The van der Waals surface area contributed by atoms with E-state index in [1.54, 1.807) is 18.5 Å². The van der Waals surface area contributed by atoms with E-state index in [0.29, 0.717) is 37.5 Å². The third kappa shape index (κ3) is 6.54. The molecule has 2 fully saturated rings. The molecule has 2 aromatic rings. The van der Waals surface area contributed by atoms with Gasteiger partial charge in [0.2, 0.25) is 5.91 Å². The van der Waals surface area contributed by atoms with Crippen LogP contribution in [0, 0.1) is 17.7 Å². The van der Waals surface area contributed by atoms with Crippen LogP contribution in [0.3, 0.4) is 0 Å². The topological polar surface area (TPSA) is 96.9 Å². The van der Waals surface area contributed by atoms with E-state index in [0.717, 1.165) is 38.0 Å². The molecule has 0 aromatic carbocycles. The van der Waals surface area contributed by atoms with Gasteiger partial charge in [-0.05, 0) is 82.4 Å². The highest BCUT2D eigenvalue weighted by Crippen LogP contribution is 2.27. The van der Waals surface area contributed by atoms with Gasteiger partial charge >= 0.3 is 0 Å². The van der Waals surface area contributed by atoms with Crippen molar-refractivity contribution in [3.63, 3.8) is 0 Å². The number of nitrogens with zero attached hydrogens (tertiary/aromatic N) is 5. The van der Waals surface area contributed by atoms with E-state index in [-0.39, 0.29) is 29.5 Å². The number of amides is 1. The number of rotatable bonds is 7. The Labute approximate surface area is 206 Å². The van der Waals surface area contributed by atoms with E-state index in [1.165, 1.54) is 6.07 Å². The van der Waals surface area contributed by atoms with Crippen LogP contribution < -0.4 is 5.73 Å². The first kappa shape index (κ1) is 25.0. The number of hydrogen-bond acceptors (Lipinski definition) is 7. The Morgan fingerprint density at radius 1 is 1.11 bits per heavy atom. The van der Waals surface area contributed by atoms with Gasteiger partial charge in [0.1, 0.15) is 23.3 Å². The second-order valence-corrected chi connectivity index (χ2v) is 9.70. The molecule has 0 spiro atoms. The summed E-state index contributed by atoms with van der Waals surface area (Å²) >= 11 is 0. The van der Waals surface area contributed by atoms with Crippen LogP contribution in [0.2, 0.25) is 0 Å². The molecule has 4 heterocycles. The van der Waals surface area contributed by atoms with Crippen molar-refractivity contribution < 1.29 is 14.0 Å². The van der Waals surface area contributed by atoms with Crippen molar-refractivity contribution in [1.29, 1.82) is 0 Å². The molecule has 2 aromatic heterocycles. The summed E-state index contributed by atoms with van der Waals surface area (Å²) in [5.41, 5.74) is 7.71. The van der Waals surface area contributed by atoms with Gasteiger partial charge in [-0.3, -0.25) is 14.7 Å². The number of anilines is 1. The molecule has 188 valence electrons. The maximum Gasteiger partial charge on any atom is 0.225 e. The number of pyridine rings is 2. The Balaban J connectivity index is 1.31. The van der Waals surface area contributed by atoms with Crippen LogP contribution in [0.5, 0.6) is 0 Å². The van der Waals surface area contributed by atoms with Gasteiger partial charge in [-0.25, -0.2) is 9.37 Å². The molecule has 2 aliphatic heterocycles. The van der Waals surface area contributed by atoms with Gasteiger partial charge < -0.3 is 15.5 Å². The van der Waals surface area contributed by atoms with Gasteiger partial charge in [0, 0.05) is 43.9 Å². The van der Waals surface area contributed by atoms with Crippen LogP contribution in [0.4, 0.5) is 10.2 Å². The number of carbonyl (C=O) groups is 1. The van der Waals surface area contributed by atoms with Gasteiger partial charge in [0.05, 0.1) is 0 Å². The molecule has 0 saturated carbocycles. The average molecular weight is 483 g/mol. The highest BCUT2D eigenvalue weighted by Gasteiger charge is 2.33. The number of oxime groups is 1. The minimum atomic E-state index is -0.404. The summed E-state index contributed by atoms with van der Waals surface area (Å²) in [6.45, 7) is 7.63. The molecular formula is C26H35FN6O2. The van der Waals surface area contributed by atoms with Crippen molar-refractivity contribution in [3.8, 4) is 0 Å². The summed E-state index contributed by atoms with van der Waals surface area (Å²) in [6, 6.07) is 6.85. The molecule has 2 aliphatic rings. The summed E-state index contributed by atoms with van der Waals surface area (Å²) in [6.07, 6.45) is 6.32. The number of hydrogen-bond donors (Lipinski definition) is 1. The van der Waals surface area contributed by atoms with E-state index >= 15 is 0 Å². The molecule has 9 heteroatoms. The molecule has 1 amide bonds. The first-order valence-electron chi connectivity index (χ1n) is 12.5. The zero-order valence-electron chi connectivity index (χ0n) is 20.6. The van der Waals surface area contributed by atoms with Crippen LogP contribution in [0.1, 0.15) is 50.8 Å². The second-order valence-electron chi connectivity index (χ2n) is 9.70. The third-order valence-electron chi connectivity index (χ3n) is 6.74. The lowest BCUT2D eigenvalue weighted by Crippen LogP contribution is -2.46. The predicted octanol–water partition coefficient (Wildman–Crippen LogP) is 3.48. The van der Waals surface area contributed by atoms with E-state index < -0.39 is 5.82 Å². The molecule has 0 radical (unpaired) electrons. The Bertz CT molecular complexity index is 1030. The highest BCUT2D eigenvalue weighted by atomic mass is 19.1. The van der Waals surface area contributed by atoms with Gasteiger partial charge in [-0.1, -0.05) is 5.16 Å². The van der Waals surface area contributed by atoms with Crippen LogP contribution in [-0.2, 0) is 16.2 Å². The SMILES string of the molecule is CC(C)O/N=C(\c1ncccc1F)C1CCN(C(=O)C2CCN(Cc3ccnc(N)c3)CC2)CC1. The Morgan fingerprint density at radius 2 is 1.83 bits per heavy atom. The lowest BCUT2D eigenvalue weighted by Gasteiger charge is -2.37. The summed E-state index contributed by atoms with van der Waals surface area (Å²) in [5.74, 6) is 0.411. The molecule has 0 unspecified atom stereocenters. The highest BCUT2D eigenvalue weighted by molar-refractivity contribution is 6.00. The molecule has 8 nitrogen and oxygen atoms in total. The number of nitrogens with two attached hydrogens (primary N) is 1. The smallest absolute Gasteiger partial charge is 0.225 e. The summed E-state index contributed by atoms with van der Waals surface area (Å²) < 4.78 is 14.5. The normalized spacial score (nSPS) is 18.7.